The molecule has 2 aliphatic rings. The van der Waals surface area contributed by atoms with E-state index >= 15 is 0 Å². The molecule has 2 aliphatic heterocycles. The van der Waals surface area contributed by atoms with Crippen LogP contribution in [0.4, 0.5) is 0 Å². The summed E-state index contributed by atoms with van der Waals surface area (Å²) in [5.41, 5.74) is 14.1. The Morgan fingerprint density at radius 3 is 1.55 bits per heavy atom. The zero-order valence-corrected chi connectivity index (χ0v) is 41.6. The minimum absolute atomic E-state index is 0. The monoisotopic (exact) mass is 1000 g/mol. The first kappa shape index (κ1) is 44.8. The largest absolute Gasteiger partial charge is 2.00 e. The van der Waals surface area contributed by atoms with Crippen molar-refractivity contribution in [3.63, 3.8) is 0 Å². The van der Waals surface area contributed by atoms with Crippen LogP contribution in [0.2, 0.25) is 0 Å². The number of rotatable bonds is 11. The molecule has 0 saturated carbocycles. The van der Waals surface area contributed by atoms with Crippen molar-refractivity contribution in [3.05, 3.63) is 198 Å². The van der Waals surface area contributed by atoms with Gasteiger partial charge in [-0.1, -0.05) is 41.6 Å². The average molecular weight is 1010 g/mol. The first-order chi connectivity index (χ1) is 35.6. The van der Waals surface area contributed by atoms with Crippen LogP contribution in [0.5, 0.6) is 11.5 Å². The van der Waals surface area contributed by atoms with Crippen LogP contribution in [-0.2, 0) is 32.6 Å². The van der Waals surface area contributed by atoms with Crippen molar-refractivity contribution in [1.82, 2.24) is 49.9 Å². The zero-order valence-electron chi connectivity index (χ0n) is 38.7. The van der Waals surface area contributed by atoms with Crippen LogP contribution < -0.4 is 25.1 Å². The summed E-state index contributed by atoms with van der Waals surface area (Å²) in [5, 5.41) is 10.2. The van der Waals surface area contributed by atoms with E-state index in [1.165, 1.54) is 6.07 Å². The van der Waals surface area contributed by atoms with Gasteiger partial charge < -0.3 is 28.3 Å². The topological polar surface area (TPSA) is 185 Å². The van der Waals surface area contributed by atoms with Gasteiger partial charge in [0.25, 0.3) is 0 Å². The first-order valence-electron chi connectivity index (χ1n) is 23.0. The molecule has 11 aromatic rings. The molecule has 0 unspecified atom stereocenters. The second-order valence-corrected chi connectivity index (χ2v) is 16.9. The molecule has 73 heavy (non-hydrogen) atoms. The Morgan fingerprint density at radius 1 is 0.534 bits per heavy atom. The van der Waals surface area contributed by atoms with Crippen LogP contribution in [0.15, 0.2) is 172 Å². The third-order valence-corrected chi connectivity index (χ3v) is 12.5. The maximum absolute atomic E-state index is 12.1. The Bertz CT molecular complexity index is 4130. The molecule has 0 fully saturated rings. The second-order valence-electron chi connectivity index (χ2n) is 16.9. The van der Waals surface area contributed by atoms with Gasteiger partial charge in [0.1, 0.15) is 24.7 Å². The fourth-order valence-electron chi connectivity index (χ4n) is 9.19. The summed E-state index contributed by atoms with van der Waals surface area (Å²) < 4.78 is 25.2. The second kappa shape index (κ2) is 19.1. The number of ether oxygens (including phenoxy) is 2. The van der Waals surface area contributed by atoms with Crippen LogP contribution in [0.1, 0.15) is 28.5 Å². The van der Waals surface area contributed by atoms with E-state index in [2.05, 4.69) is 25.3 Å². The van der Waals surface area contributed by atoms with Crippen molar-refractivity contribution >= 4 is 68.3 Å². The van der Waals surface area contributed by atoms with E-state index in [1.807, 2.05) is 121 Å². The molecular formula is C57H36N10O5Zn. The molecular weight excluding hydrogens is 970 g/mol. The van der Waals surface area contributed by atoms with E-state index in [0.717, 1.165) is 100 Å². The molecule has 15 nitrogen and oxygen atoms in total. The summed E-state index contributed by atoms with van der Waals surface area (Å²) in [6.45, 7) is 0.763. The Labute approximate surface area is 427 Å². The smallest absolute Gasteiger partial charge is 0.657 e. The van der Waals surface area contributed by atoms with E-state index in [0.29, 0.717) is 34.9 Å². The molecule has 16 heteroatoms. The summed E-state index contributed by atoms with van der Waals surface area (Å²) in [6.07, 6.45) is 22.2. The third kappa shape index (κ3) is 8.59. The van der Waals surface area contributed by atoms with Gasteiger partial charge in [0.15, 0.2) is 11.2 Å². The number of nitrogens with zero attached hydrogens (tertiary/aromatic N) is 10. The number of fused-ring (bicyclic) bond motifs is 10. The Balaban J connectivity index is 0.00000543. The third-order valence-electron chi connectivity index (χ3n) is 12.5. The fourth-order valence-corrected chi connectivity index (χ4v) is 9.19. The first-order valence-corrected chi connectivity index (χ1v) is 23.0. The summed E-state index contributed by atoms with van der Waals surface area (Å²) in [4.78, 5) is 46.4. The van der Waals surface area contributed by atoms with Crippen LogP contribution in [0, 0.1) is 0 Å². The van der Waals surface area contributed by atoms with Gasteiger partial charge in [0.2, 0.25) is 5.75 Å². The molecule has 0 saturated heterocycles. The fraction of sp³-hybridized carbons (Fsp3) is 0.0526. The van der Waals surface area contributed by atoms with Crippen molar-refractivity contribution < 1.29 is 37.8 Å². The molecule has 0 radical (unpaired) electrons. The van der Waals surface area contributed by atoms with Crippen molar-refractivity contribution in [1.29, 1.82) is 0 Å². The van der Waals surface area contributed by atoms with E-state index in [4.69, 9.17) is 38.2 Å². The van der Waals surface area contributed by atoms with Crippen LogP contribution in [-0.4, -0.2) is 46.5 Å². The maximum Gasteiger partial charge on any atom is 2.00 e. The number of benzene rings is 2. The van der Waals surface area contributed by atoms with Gasteiger partial charge >= 0.3 is 25.1 Å². The maximum atomic E-state index is 12.1. The molecule has 8 bridgehead atoms. The summed E-state index contributed by atoms with van der Waals surface area (Å²) in [5.74, 6) is 0.999. The van der Waals surface area contributed by atoms with Crippen molar-refractivity contribution in [2.45, 2.75) is 13.2 Å². The minimum atomic E-state index is -0.476. The standard InChI is InChI=1S/C57H36N10O5.Zn/c68-50-14-3-38-31-39-21-29-69-55(39)57(56(38)72-50)70-30-28-67-32-40(65-66-67)33-71-41-4-1-34(2-5-41)51-42-6-8-44(61-42)52(35-15-22-58-23-16-35)46-10-12-48(63-46)54(37-19-26-60-27-20-37)49-13-11-47(64-49)53(36-17-24-59-25-18-36)45-9-7-43(51)62-45;/h1-27,29,31-32H,28,30,33H2;/q-2;+2. The van der Waals surface area contributed by atoms with Gasteiger partial charge in [0.05, 0.1) is 41.8 Å². The molecule has 9 aromatic heterocycles. The Hall–Kier alpha value is -9.40. The number of hydrogen-bond acceptors (Lipinski definition) is 12. The van der Waals surface area contributed by atoms with Crippen molar-refractivity contribution in [3.8, 4) is 56.0 Å². The van der Waals surface area contributed by atoms with Crippen LogP contribution in [0.3, 0.4) is 0 Å². The molecule has 13 rings (SSSR count). The number of aromatic nitrogens is 10. The number of pyridine rings is 3. The van der Waals surface area contributed by atoms with E-state index in [1.54, 1.807) is 60.4 Å². The van der Waals surface area contributed by atoms with E-state index in [-0.39, 0.29) is 32.7 Å². The van der Waals surface area contributed by atoms with Gasteiger partial charge in [-0.25, -0.2) is 19.4 Å². The van der Waals surface area contributed by atoms with Gasteiger partial charge in [-0.2, -0.15) is 0 Å². The van der Waals surface area contributed by atoms with Gasteiger partial charge in [0, 0.05) is 54.0 Å². The molecule has 0 atom stereocenters. The van der Waals surface area contributed by atoms with Crippen LogP contribution >= 0.6 is 0 Å². The predicted molar refractivity (Wildman–Crippen MR) is 274 cm³/mol. The molecule has 11 heterocycles. The predicted octanol–water partition coefficient (Wildman–Crippen LogP) is 10.9. The molecule has 2 aromatic carbocycles. The molecule has 0 N–H and O–H groups in total. The molecule has 0 amide bonds. The molecule has 0 spiro atoms. The van der Waals surface area contributed by atoms with Crippen LogP contribution in [0.25, 0.3) is 113 Å². The summed E-state index contributed by atoms with van der Waals surface area (Å²) >= 11 is 0. The average Bonchev–Trinajstić information content (AvgIpc) is 4.30. The Morgan fingerprint density at radius 2 is 1.03 bits per heavy atom. The van der Waals surface area contributed by atoms with E-state index < -0.39 is 5.63 Å². The van der Waals surface area contributed by atoms with Crippen molar-refractivity contribution in [2.75, 3.05) is 6.61 Å². The normalized spacial score (nSPS) is 11.8. The quantitative estimate of drug-likeness (QED) is 0.0880. The Kier molecular flexibility index (Phi) is 11.7. The number of hydrogen-bond donors (Lipinski definition) is 0. The van der Waals surface area contributed by atoms with E-state index in [9.17, 15) is 4.79 Å². The minimum Gasteiger partial charge on any atom is -0.657 e. The molecule has 346 valence electrons. The summed E-state index contributed by atoms with van der Waals surface area (Å²) in [6, 6.07) is 34.7. The SMILES string of the molecule is O=c1ccc2cc3ccoc3c(OCCn3cc(COc4ccc(-c5c6nc(c(-c7ccncc7)c7ccc([n-]7)c(-c7ccncc7)c7nc(c(-c8ccncc8)c8ccc5[n-]8)C=C7)C=C6)cc4)nn3)c2o1.[Zn+2]. The van der Waals surface area contributed by atoms with Gasteiger partial charge in [-0.3, -0.25) is 15.0 Å². The van der Waals surface area contributed by atoms with Crippen molar-refractivity contribution in [2.24, 2.45) is 0 Å². The summed E-state index contributed by atoms with van der Waals surface area (Å²) in [7, 11) is 0. The molecule has 0 aliphatic carbocycles. The van der Waals surface area contributed by atoms with Gasteiger partial charge in [-0.15, -0.1) is 27.2 Å². The zero-order chi connectivity index (χ0) is 48.0. The number of furan rings is 1. The van der Waals surface area contributed by atoms with Gasteiger partial charge in [-0.05, 0) is 136 Å².